The fraction of sp³-hybridized carbons (Fsp3) is 0.133. The van der Waals surface area contributed by atoms with E-state index in [9.17, 15) is 5.26 Å². The van der Waals surface area contributed by atoms with Crippen LogP contribution >= 0.6 is 23.4 Å². The van der Waals surface area contributed by atoms with E-state index in [1.54, 1.807) is 7.11 Å². The van der Waals surface area contributed by atoms with Gasteiger partial charge in [0.2, 0.25) is 0 Å². The number of thioether (sulfide) groups is 1. The molecule has 4 heteroatoms. The minimum atomic E-state index is -0.243. The van der Waals surface area contributed by atoms with Crippen LogP contribution in [0.1, 0.15) is 10.8 Å². The van der Waals surface area contributed by atoms with Crippen molar-refractivity contribution in [1.29, 1.82) is 5.26 Å². The Labute approximate surface area is 122 Å². The molecular formula is C15H12ClNOS. The van der Waals surface area contributed by atoms with E-state index in [2.05, 4.69) is 6.07 Å². The average Bonchev–Trinajstić information content (AvgIpc) is 2.47. The van der Waals surface area contributed by atoms with E-state index >= 15 is 0 Å². The molecule has 0 bridgehead atoms. The van der Waals surface area contributed by atoms with Gasteiger partial charge in [-0.05, 0) is 42.0 Å². The SMILES string of the molecule is COc1ccc(C(C#N)Sc2ccc(Cl)cc2)cc1. The third-order valence-corrected chi connectivity index (χ3v) is 4.01. The van der Waals surface area contributed by atoms with Gasteiger partial charge in [0.25, 0.3) is 0 Å². The van der Waals surface area contributed by atoms with Gasteiger partial charge in [-0.25, -0.2) is 0 Å². The molecule has 0 amide bonds. The van der Waals surface area contributed by atoms with Crippen LogP contribution in [0.15, 0.2) is 53.4 Å². The van der Waals surface area contributed by atoms with E-state index in [1.807, 2.05) is 48.5 Å². The van der Waals surface area contributed by atoms with E-state index in [0.717, 1.165) is 16.2 Å². The molecule has 0 fully saturated rings. The first kappa shape index (κ1) is 13.8. The van der Waals surface area contributed by atoms with Gasteiger partial charge in [-0.1, -0.05) is 23.7 Å². The lowest BCUT2D eigenvalue weighted by Crippen LogP contribution is -1.91. The van der Waals surface area contributed by atoms with Crippen LogP contribution in [0.2, 0.25) is 5.02 Å². The van der Waals surface area contributed by atoms with Gasteiger partial charge in [0.1, 0.15) is 11.0 Å². The maximum absolute atomic E-state index is 9.29. The second-order valence-corrected chi connectivity index (χ2v) is 5.47. The number of hydrogen-bond donors (Lipinski definition) is 0. The molecule has 0 radical (unpaired) electrons. The zero-order valence-electron chi connectivity index (χ0n) is 10.3. The molecule has 96 valence electrons. The molecule has 1 atom stereocenters. The maximum atomic E-state index is 9.29. The highest BCUT2D eigenvalue weighted by Crippen LogP contribution is 2.35. The van der Waals surface area contributed by atoms with Crippen LogP contribution in [0, 0.1) is 11.3 Å². The Balaban J connectivity index is 2.15. The topological polar surface area (TPSA) is 33.0 Å². The van der Waals surface area contributed by atoms with Crippen LogP contribution in [-0.4, -0.2) is 7.11 Å². The van der Waals surface area contributed by atoms with Crippen molar-refractivity contribution < 1.29 is 4.74 Å². The average molecular weight is 290 g/mol. The number of nitriles is 1. The third kappa shape index (κ3) is 3.66. The molecule has 0 N–H and O–H groups in total. The first-order valence-electron chi connectivity index (χ1n) is 5.68. The smallest absolute Gasteiger partial charge is 0.121 e. The van der Waals surface area contributed by atoms with Gasteiger partial charge < -0.3 is 4.74 Å². The Hall–Kier alpha value is -1.63. The lowest BCUT2D eigenvalue weighted by molar-refractivity contribution is 0.414. The molecule has 0 saturated heterocycles. The van der Waals surface area contributed by atoms with Crippen molar-refractivity contribution in [1.82, 2.24) is 0 Å². The third-order valence-electron chi connectivity index (χ3n) is 2.60. The van der Waals surface area contributed by atoms with Crippen LogP contribution in [-0.2, 0) is 0 Å². The highest BCUT2D eigenvalue weighted by Gasteiger charge is 2.12. The van der Waals surface area contributed by atoms with Crippen LogP contribution in [0.25, 0.3) is 0 Å². The molecule has 0 aliphatic heterocycles. The van der Waals surface area contributed by atoms with Gasteiger partial charge in [0.15, 0.2) is 0 Å². The number of hydrogen-bond acceptors (Lipinski definition) is 3. The van der Waals surface area contributed by atoms with Gasteiger partial charge in [0.05, 0.1) is 13.2 Å². The molecule has 0 aromatic heterocycles. The maximum Gasteiger partial charge on any atom is 0.121 e. The monoisotopic (exact) mass is 289 g/mol. The summed E-state index contributed by atoms with van der Waals surface area (Å²) in [6.07, 6.45) is 0. The highest BCUT2D eigenvalue weighted by molar-refractivity contribution is 7.99. The zero-order valence-corrected chi connectivity index (χ0v) is 11.9. The summed E-state index contributed by atoms with van der Waals surface area (Å²) in [5.41, 5.74) is 0.961. The van der Waals surface area contributed by atoms with E-state index in [-0.39, 0.29) is 5.25 Å². The quantitative estimate of drug-likeness (QED) is 0.765. The first-order valence-corrected chi connectivity index (χ1v) is 6.94. The van der Waals surface area contributed by atoms with Crippen LogP contribution in [0.4, 0.5) is 0 Å². The first-order chi connectivity index (χ1) is 9.22. The molecule has 2 aromatic rings. The van der Waals surface area contributed by atoms with Crippen LogP contribution in [0.5, 0.6) is 5.75 Å². The molecule has 2 nitrogen and oxygen atoms in total. The molecule has 0 heterocycles. The van der Waals surface area contributed by atoms with Crippen LogP contribution in [0.3, 0.4) is 0 Å². The number of rotatable bonds is 4. The molecule has 0 aliphatic rings. The van der Waals surface area contributed by atoms with E-state index in [1.165, 1.54) is 11.8 Å². The predicted molar refractivity (Wildman–Crippen MR) is 78.7 cm³/mol. The summed E-state index contributed by atoms with van der Waals surface area (Å²) < 4.78 is 5.11. The summed E-state index contributed by atoms with van der Waals surface area (Å²) in [5.74, 6) is 0.789. The molecule has 0 saturated carbocycles. The minimum absolute atomic E-state index is 0.243. The van der Waals surface area contributed by atoms with Gasteiger partial charge >= 0.3 is 0 Å². The van der Waals surface area contributed by atoms with Gasteiger partial charge in [-0.3, -0.25) is 0 Å². The van der Waals surface area contributed by atoms with E-state index in [0.29, 0.717) is 5.02 Å². The van der Waals surface area contributed by atoms with Crippen molar-refractivity contribution in [2.24, 2.45) is 0 Å². The van der Waals surface area contributed by atoms with Crippen molar-refractivity contribution in [3.8, 4) is 11.8 Å². The summed E-state index contributed by atoms with van der Waals surface area (Å²) in [6, 6.07) is 17.3. The number of benzene rings is 2. The summed E-state index contributed by atoms with van der Waals surface area (Å²) in [5, 5.41) is 9.75. The summed E-state index contributed by atoms with van der Waals surface area (Å²) in [7, 11) is 1.62. The van der Waals surface area contributed by atoms with E-state index < -0.39 is 0 Å². The number of nitrogens with zero attached hydrogens (tertiary/aromatic N) is 1. The Bertz CT molecular complexity index is 575. The van der Waals surface area contributed by atoms with Crippen molar-refractivity contribution in [3.05, 3.63) is 59.1 Å². The summed E-state index contributed by atoms with van der Waals surface area (Å²) in [4.78, 5) is 1.02. The molecule has 19 heavy (non-hydrogen) atoms. The second-order valence-electron chi connectivity index (χ2n) is 3.85. The lowest BCUT2D eigenvalue weighted by atomic mass is 10.1. The van der Waals surface area contributed by atoms with Crippen LogP contribution < -0.4 is 4.74 Å². The zero-order chi connectivity index (χ0) is 13.7. The predicted octanol–water partition coefficient (Wildman–Crippen LogP) is 4.71. The molecule has 1 unspecified atom stereocenters. The van der Waals surface area contributed by atoms with Crippen molar-refractivity contribution >= 4 is 23.4 Å². The van der Waals surface area contributed by atoms with Gasteiger partial charge in [-0.2, -0.15) is 5.26 Å². The largest absolute Gasteiger partial charge is 0.497 e. The van der Waals surface area contributed by atoms with Crippen molar-refractivity contribution in [2.45, 2.75) is 10.1 Å². The van der Waals surface area contributed by atoms with Gasteiger partial charge in [-0.15, -0.1) is 11.8 Å². The molecule has 0 spiro atoms. The number of ether oxygens (including phenoxy) is 1. The number of methoxy groups -OCH3 is 1. The summed E-state index contributed by atoms with van der Waals surface area (Å²) in [6.45, 7) is 0. The molecule has 0 aliphatic carbocycles. The normalized spacial score (nSPS) is 11.6. The Morgan fingerprint density at radius 2 is 1.74 bits per heavy atom. The standard InChI is InChI=1S/C15H12ClNOS/c1-18-13-6-2-11(3-7-13)15(10-17)19-14-8-4-12(16)5-9-14/h2-9,15H,1H3. The molecule has 2 rings (SSSR count). The second kappa shape index (κ2) is 6.51. The number of halogens is 1. The fourth-order valence-electron chi connectivity index (χ4n) is 1.60. The Morgan fingerprint density at radius 3 is 2.26 bits per heavy atom. The Morgan fingerprint density at radius 1 is 1.11 bits per heavy atom. The van der Waals surface area contributed by atoms with Crippen molar-refractivity contribution in [3.63, 3.8) is 0 Å². The molecule has 2 aromatic carbocycles. The lowest BCUT2D eigenvalue weighted by Gasteiger charge is -2.10. The summed E-state index contributed by atoms with van der Waals surface area (Å²) >= 11 is 7.35. The van der Waals surface area contributed by atoms with E-state index in [4.69, 9.17) is 16.3 Å². The van der Waals surface area contributed by atoms with Crippen molar-refractivity contribution in [2.75, 3.05) is 7.11 Å². The minimum Gasteiger partial charge on any atom is -0.497 e. The molecular weight excluding hydrogens is 278 g/mol. The van der Waals surface area contributed by atoms with Gasteiger partial charge in [0, 0.05) is 9.92 Å². The fourth-order valence-corrected chi connectivity index (χ4v) is 2.63. The Kier molecular flexibility index (Phi) is 4.73. The highest BCUT2D eigenvalue weighted by atomic mass is 35.5.